The Bertz CT molecular complexity index is 1550. The Balaban J connectivity index is 1.26. The number of ether oxygens (including phenoxy) is 1. The average Bonchev–Trinajstić information content (AvgIpc) is 3.67. The summed E-state index contributed by atoms with van der Waals surface area (Å²) in [5.41, 5.74) is 3.32. The lowest BCUT2D eigenvalue weighted by Crippen LogP contribution is -2.19. The van der Waals surface area contributed by atoms with Gasteiger partial charge in [-0.2, -0.15) is 17.9 Å². The van der Waals surface area contributed by atoms with Gasteiger partial charge in [-0.05, 0) is 72.7 Å². The van der Waals surface area contributed by atoms with Crippen molar-refractivity contribution < 1.29 is 32.6 Å². The van der Waals surface area contributed by atoms with Crippen molar-refractivity contribution in [1.82, 2.24) is 15.0 Å². The van der Waals surface area contributed by atoms with Crippen LogP contribution in [0.25, 0.3) is 16.8 Å². The molecule has 1 aromatic heterocycles. The number of carboxylic acids is 1. The largest absolute Gasteiger partial charge is 0.481 e. The highest BCUT2D eigenvalue weighted by atomic mass is 19.4. The van der Waals surface area contributed by atoms with Crippen molar-refractivity contribution >= 4 is 17.9 Å². The number of carbonyl (C=O) groups is 2. The first-order chi connectivity index (χ1) is 19.0. The summed E-state index contributed by atoms with van der Waals surface area (Å²) in [5.74, 6) is -0.744. The second-order valence-corrected chi connectivity index (χ2v) is 9.69. The minimum atomic E-state index is -4.51. The molecule has 1 aliphatic rings. The number of benzene rings is 3. The zero-order valence-corrected chi connectivity index (χ0v) is 21.5. The van der Waals surface area contributed by atoms with Crippen LogP contribution in [-0.4, -0.2) is 32.2 Å². The predicted octanol–water partition coefficient (Wildman–Crippen LogP) is 6.76. The Kier molecular flexibility index (Phi) is 7.05. The van der Waals surface area contributed by atoms with E-state index in [1.807, 2.05) is 36.4 Å². The summed E-state index contributed by atoms with van der Waals surface area (Å²) in [4.78, 5) is 23.8. The number of anilines is 1. The number of alkyl halides is 3. The minimum absolute atomic E-state index is 0.0649. The van der Waals surface area contributed by atoms with Crippen molar-refractivity contribution in [2.45, 2.75) is 38.5 Å². The maximum absolute atomic E-state index is 13.0. The molecule has 0 spiro atoms. The first kappa shape index (κ1) is 26.9. The molecule has 2 N–H and O–H groups in total. The van der Waals surface area contributed by atoms with E-state index in [-0.39, 0.29) is 23.2 Å². The van der Waals surface area contributed by atoms with Gasteiger partial charge in [0.2, 0.25) is 0 Å². The van der Waals surface area contributed by atoms with Crippen LogP contribution in [-0.2, 0) is 15.7 Å². The van der Waals surface area contributed by atoms with Gasteiger partial charge >= 0.3 is 18.2 Å². The maximum Gasteiger partial charge on any atom is 0.416 e. The first-order valence-electron chi connectivity index (χ1n) is 12.5. The number of carboxylic acid groups (broad SMARTS) is 1. The topological polar surface area (TPSA) is 106 Å². The van der Waals surface area contributed by atoms with Gasteiger partial charge in [0.25, 0.3) is 0 Å². The third-order valence-corrected chi connectivity index (χ3v) is 6.92. The molecule has 8 nitrogen and oxygen atoms in total. The van der Waals surface area contributed by atoms with Gasteiger partial charge in [-0.3, -0.25) is 10.1 Å². The molecule has 5 rings (SSSR count). The molecule has 4 aromatic rings. The molecular formula is C29H25F3N4O4. The van der Waals surface area contributed by atoms with Crippen LogP contribution in [0.4, 0.5) is 23.8 Å². The zero-order valence-electron chi connectivity index (χ0n) is 21.5. The van der Waals surface area contributed by atoms with Crippen LogP contribution in [0.2, 0.25) is 0 Å². The summed E-state index contributed by atoms with van der Waals surface area (Å²) in [6.07, 6.45) is -5.65. The van der Waals surface area contributed by atoms with Gasteiger partial charge in [0.1, 0.15) is 11.8 Å². The van der Waals surface area contributed by atoms with Crippen molar-refractivity contribution in [1.29, 1.82) is 0 Å². The number of aromatic nitrogens is 3. The normalized spacial score (nSPS) is 17.2. The van der Waals surface area contributed by atoms with Gasteiger partial charge in [0.05, 0.1) is 17.2 Å². The molecule has 0 bridgehead atoms. The molecule has 1 heterocycles. The number of halogens is 3. The SMILES string of the molecule is Cc1nnn(-c2ccc(-c3ccc(C4CC4C(=O)O)cc3)cc2)c1NC(=O)O[C@H](C)c1cccc(C(F)(F)F)c1. The smallest absolute Gasteiger partial charge is 0.416 e. The fourth-order valence-electron chi connectivity index (χ4n) is 4.56. The highest BCUT2D eigenvalue weighted by molar-refractivity contribution is 5.84. The monoisotopic (exact) mass is 550 g/mol. The van der Waals surface area contributed by atoms with E-state index in [0.717, 1.165) is 28.8 Å². The van der Waals surface area contributed by atoms with Gasteiger partial charge < -0.3 is 9.84 Å². The molecule has 0 aliphatic heterocycles. The molecule has 1 saturated carbocycles. The molecule has 3 atom stereocenters. The number of rotatable bonds is 7. The van der Waals surface area contributed by atoms with Gasteiger partial charge in [0, 0.05) is 0 Å². The molecule has 3 aromatic carbocycles. The van der Waals surface area contributed by atoms with Crippen LogP contribution in [0.1, 0.15) is 47.8 Å². The lowest BCUT2D eigenvalue weighted by Gasteiger charge is -2.16. The summed E-state index contributed by atoms with van der Waals surface area (Å²) in [6.45, 7) is 3.14. The average molecular weight is 551 g/mol. The van der Waals surface area contributed by atoms with Crippen molar-refractivity contribution in [3.8, 4) is 16.8 Å². The number of amides is 1. The summed E-state index contributed by atoms with van der Waals surface area (Å²) in [5, 5.41) is 19.9. The number of hydrogen-bond acceptors (Lipinski definition) is 5. The van der Waals surface area contributed by atoms with Gasteiger partial charge in [-0.25, -0.2) is 4.79 Å². The van der Waals surface area contributed by atoms with E-state index in [1.165, 1.54) is 23.7 Å². The Hall–Kier alpha value is -4.67. The molecule has 40 heavy (non-hydrogen) atoms. The van der Waals surface area contributed by atoms with E-state index in [4.69, 9.17) is 9.84 Å². The lowest BCUT2D eigenvalue weighted by molar-refractivity contribution is -0.139. The maximum atomic E-state index is 13.0. The van der Waals surface area contributed by atoms with Crippen LogP contribution >= 0.6 is 0 Å². The predicted molar refractivity (Wildman–Crippen MR) is 140 cm³/mol. The van der Waals surface area contributed by atoms with Crippen LogP contribution in [0, 0.1) is 12.8 Å². The summed E-state index contributed by atoms with van der Waals surface area (Å²) < 4.78 is 45.9. The fourth-order valence-corrected chi connectivity index (χ4v) is 4.56. The van der Waals surface area contributed by atoms with Crippen LogP contribution in [0.3, 0.4) is 0 Å². The van der Waals surface area contributed by atoms with Crippen LogP contribution in [0.5, 0.6) is 0 Å². The number of aliphatic carboxylic acids is 1. The highest BCUT2D eigenvalue weighted by Gasteiger charge is 2.44. The van der Waals surface area contributed by atoms with E-state index in [9.17, 15) is 22.8 Å². The molecule has 1 fully saturated rings. The molecule has 0 saturated heterocycles. The molecule has 11 heteroatoms. The van der Waals surface area contributed by atoms with E-state index >= 15 is 0 Å². The third-order valence-electron chi connectivity index (χ3n) is 6.92. The number of nitrogens with one attached hydrogen (secondary N) is 1. The Morgan fingerprint density at radius 1 is 1.05 bits per heavy atom. The Morgan fingerprint density at radius 3 is 2.30 bits per heavy atom. The second-order valence-electron chi connectivity index (χ2n) is 9.69. The summed E-state index contributed by atoms with van der Waals surface area (Å²) in [7, 11) is 0. The van der Waals surface area contributed by atoms with Crippen molar-refractivity contribution in [3.05, 3.63) is 95.2 Å². The Morgan fingerprint density at radius 2 is 1.70 bits per heavy atom. The lowest BCUT2D eigenvalue weighted by atomic mass is 10.0. The molecular weight excluding hydrogens is 525 g/mol. The third kappa shape index (κ3) is 5.68. The Labute approximate surface area is 227 Å². The first-order valence-corrected chi connectivity index (χ1v) is 12.5. The second kappa shape index (κ2) is 10.5. The van der Waals surface area contributed by atoms with Crippen molar-refractivity contribution in [3.63, 3.8) is 0 Å². The number of nitrogens with zero attached hydrogens (tertiary/aromatic N) is 3. The number of hydrogen-bond donors (Lipinski definition) is 2. The molecule has 1 amide bonds. The standard InChI is InChI=1S/C29H25F3N4O4/c1-16-26(33-28(39)40-17(2)21-4-3-5-22(14-21)29(30,31)32)36(35-34-16)23-12-10-19(11-13-23)18-6-8-20(9-7-18)24-15-25(24)27(37)38/h3-14,17,24-25H,15H2,1-2H3,(H,33,39)(H,37,38)/t17-,24?,25?/m1/s1. The van der Waals surface area contributed by atoms with Crippen molar-refractivity contribution in [2.24, 2.45) is 5.92 Å². The number of carbonyl (C=O) groups excluding carboxylic acids is 1. The number of aryl methyl sites for hydroxylation is 1. The highest BCUT2D eigenvalue weighted by Crippen LogP contribution is 2.47. The summed E-state index contributed by atoms with van der Waals surface area (Å²) in [6, 6.07) is 19.8. The summed E-state index contributed by atoms with van der Waals surface area (Å²) >= 11 is 0. The molecule has 2 unspecified atom stereocenters. The van der Waals surface area contributed by atoms with E-state index in [2.05, 4.69) is 15.6 Å². The van der Waals surface area contributed by atoms with Gasteiger partial charge in [0.15, 0.2) is 5.82 Å². The van der Waals surface area contributed by atoms with E-state index in [1.54, 1.807) is 19.1 Å². The van der Waals surface area contributed by atoms with Gasteiger partial charge in [-0.1, -0.05) is 53.7 Å². The zero-order chi connectivity index (χ0) is 28.6. The molecule has 1 aliphatic carbocycles. The minimum Gasteiger partial charge on any atom is -0.481 e. The quantitative estimate of drug-likeness (QED) is 0.263. The van der Waals surface area contributed by atoms with E-state index in [0.29, 0.717) is 17.8 Å². The molecule has 206 valence electrons. The van der Waals surface area contributed by atoms with E-state index < -0.39 is 29.9 Å². The van der Waals surface area contributed by atoms with Crippen LogP contribution in [0.15, 0.2) is 72.8 Å². The van der Waals surface area contributed by atoms with Crippen molar-refractivity contribution in [2.75, 3.05) is 5.32 Å². The van der Waals surface area contributed by atoms with Gasteiger partial charge in [-0.15, -0.1) is 5.10 Å². The molecule has 0 radical (unpaired) electrons. The fraction of sp³-hybridized carbons (Fsp3) is 0.241. The van der Waals surface area contributed by atoms with Crippen LogP contribution < -0.4 is 5.32 Å².